The van der Waals surface area contributed by atoms with Crippen molar-refractivity contribution in [1.29, 1.82) is 5.26 Å². The number of pyridine rings is 1. The van der Waals surface area contributed by atoms with Gasteiger partial charge in [-0.25, -0.2) is 13.8 Å². The summed E-state index contributed by atoms with van der Waals surface area (Å²) < 4.78 is 62.1. The summed E-state index contributed by atoms with van der Waals surface area (Å²) in [6.45, 7) is -1.01. The predicted molar refractivity (Wildman–Crippen MR) is 44.8 cm³/mol. The van der Waals surface area contributed by atoms with Gasteiger partial charge in [-0.3, -0.25) is 0 Å². The van der Waals surface area contributed by atoms with Crippen LogP contribution in [0.4, 0.5) is 22.0 Å². The summed E-state index contributed by atoms with van der Waals surface area (Å²) in [7, 11) is 0. The van der Waals surface area contributed by atoms with Crippen LogP contribution in [0.2, 0.25) is 0 Å². The van der Waals surface area contributed by atoms with Crippen molar-refractivity contribution >= 4 is 0 Å². The zero-order valence-electron chi connectivity index (χ0n) is 8.09. The summed E-state index contributed by atoms with van der Waals surface area (Å²) in [5.74, 6) is 0. The summed E-state index contributed by atoms with van der Waals surface area (Å²) in [5.41, 5.74) is -4.23. The Hall–Kier alpha value is -1.75. The van der Waals surface area contributed by atoms with E-state index in [-0.39, 0.29) is 0 Å². The average molecular weight is 252 g/mol. The maximum Gasteiger partial charge on any atom is 0.419 e. The van der Waals surface area contributed by atoms with E-state index >= 15 is 0 Å². The van der Waals surface area contributed by atoms with Gasteiger partial charge in [0.05, 0.1) is 12.2 Å². The second-order valence-electron chi connectivity index (χ2n) is 3.00. The number of alkyl halides is 5. The number of hydrogen-bond acceptors (Lipinski definition) is 3. The first-order valence-corrected chi connectivity index (χ1v) is 4.21. The maximum atomic E-state index is 12.4. The molecule has 17 heavy (non-hydrogen) atoms. The SMILES string of the molecule is N#Cc1nc(C(F)F)c(CO)cc1C(F)(F)F. The highest BCUT2D eigenvalue weighted by atomic mass is 19.4. The molecule has 0 saturated carbocycles. The normalized spacial score (nSPS) is 11.6. The molecule has 1 N–H and O–H groups in total. The van der Waals surface area contributed by atoms with Crippen molar-refractivity contribution in [3.8, 4) is 6.07 Å². The number of aliphatic hydroxyl groups excluding tert-OH is 1. The van der Waals surface area contributed by atoms with Gasteiger partial charge in [-0.15, -0.1) is 0 Å². The van der Waals surface area contributed by atoms with Gasteiger partial charge in [0.1, 0.15) is 11.8 Å². The topological polar surface area (TPSA) is 56.9 Å². The average Bonchev–Trinajstić information content (AvgIpc) is 2.25. The lowest BCUT2D eigenvalue weighted by Gasteiger charge is -2.12. The number of halogens is 5. The summed E-state index contributed by atoms with van der Waals surface area (Å²) in [6, 6.07) is 1.42. The van der Waals surface area contributed by atoms with Crippen LogP contribution in [0, 0.1) is 11.3 Å². The third-order valence-corrected chi connectivity index (χ3v) is 1.92. The smallest absolute Gasteiger partial charge is 0.392 e. The van der Waals surface area contributed by atoms with Gasteiger partial charge in [0.2, 0.25) is 0 Å². The van der Waals surface area contributed by atoms with E-state index in [4.69, 9.17) is 10.4 Å². The van der Waals surface area contributed by atoms with Crippen LogP contribution < -0.4 is 0 Å². The molecule has 3 nitrogen and oxygen atoms in total. The maximum absolute atomic E-state index is 12.4. The van der Waals surface area contributed by atoms with Gasteiger partial charge in [0, 0.05) is 5.56 Å². The summed E-state index contributed by atoms with van der Waals surface area (Å²) >= 11 is 0. The molecule has 0 saturated heterocycles. The minimum Gasteiger partial charge on any atom is -0.392 e. The Morgan fingerprint density at radius 3 is 2.35 bits per heavy atom. The van der Waals surface area contributed by atoms with Crippen LogP contribution in [-0.4, -0.2) is 10.1 Å². The van der Waals surface area contributed by atoms with E-state index in [2.05, 4.69) is 4.98 Å². The summed E-state index contributed by atoms with van der Waals surface area (Å²) in [5, 5.41) is 17.1. The van der Waals surface area contributed by atoms with Crippen molar-refractivity contribution in [3.05, 3.63) is 28.6 Å². The van der Waals surface area contributed by atoms with Crippen molar-refractivity contribution in [2.45, 2.75) is 19.2 Å². The lowest BCUT2D eigenvalue weighted by molar-refractivity contribution is -0.138. The van der Waals surface area contributed by atoms with Crippen LogP contribution in [0.1, 0.15) is 28.9 Å². The lowest BCUT2D eigenvalue weighted by Crippen LogP contribution is -2.13. The Labute approximate surface area is 92.1 Å². The zero-order chi connectivity index (χ0) is 13.2. The standard InChI is InChI=1S/C9H5F5N2O/c10-8(11)7-4(3-17)1-5(9(12,13)14)6(2-15)16-7/h1,8,17H,3H2. The number of aromatic nitrogens is 1. The first-order chi connectivity index (χ1) is 7.81. The molecule has 0 radical (unpaired) electrons. The Morgan fingerprint density at radius 2 is 2.00 bits per heavy atom. The quantitative estimate of drug-likeness (QED) is 0.822. The Bertz CT molecular complexity index is 464. The molecule has 1 rings (SSSR count). The fraction of sp³-hybridized carbons (Fsp3) is 0.333. The van der Waals surface area contributed by atoms with Crippen molar-refractivity contribution in [1.82, 2.24) is 4.98 Å². The fourth-order valence-corrected chi connectivity index (χ4v) is 1.19. The second-order valence-corrected chi connectivity index (χ2v) is 3.00. The highest BCUT2D eigenvalue weighted by Crippen LogP contribution is 2.34. The van der Waals surface area contributed by atoms with E-state index in [9.17, 15) is 22.0 Å². The lowest BCUT2D eigenvalue weighted by atomic mass is 10.1. The van der Waals surface area contributed by atoms with Gasteiger partial charge in [0.15, 0.2) is 5.69 Å². The van der Waals surface area contributed by atoms with Crippen molar-refractivity contribution in [2.24, 2.45) is 0 Å². The highest BCUT2D eigenvalue weighted by molar-refractivity contribution is 5.39. The molecule has 8 heteroatoms. The van der Waals surface area contributed by atoms with E-state index in [1.165, 1.54) is 0 Å². The molecule has 0 unspecified atom stereocenters. The molecule has 0 fully saturated rings. The van der Waals surface area contributed by atoms with Crippen LogP contribution in [0.15, 0.2) is 6.07 Å². The predicted octanol–water partition coefficient (Wildman–Crippen LogP) is 2.40. The molecule has 1 heterocycles. The minimum atomic E-state index is -4.89. The molecule has 0 aliphatic heterocycles. The summed E-state index contributed by atoms with van der Waals surface area (Å²) in [6.07, 6.45) is -8.05. The number of nitrogens with zero attached hydrogens (tertiary/aromatic N) is 2. The van der Waals surface area contributed by atoms with E-state index in [1.807, 2.05) is 0 Å². The summed E-state index contributed by atoms with van der Waals surface area (Å²) in [4.78, 5) is 2.94. The molecule has 0 bridgehead atoms. The van der Waals surface area contributed by atoms with Crippen LogP contribution in [0.3, 0.4) is 0 Å². The molecule has 1 aromatic heterocycles. The fourth-order valence-electron chi connectivity index (χ4n) is 1.19. The number of nitriles is 1. The Morgan fingerprint density at radius 1 is 1.41 bits per heavy atom. The molecule has 92 valence electrons. The van der Waals surface area contributed by atoms with Gasteiger partial charge < -0.3 is 5.11 Å². The van der Waals surface area contributed by atoms with E-state index in [1.54, 1.807) is 0 Å². The first kappa shape index (κ1) is 13.3. The zero-order valence-corrected chi connectivity index (χ0v) is 8.09. The minimum absolute atomic E-state index is 0.313. The molecule has 0 aromatic carbocycles. The number of hydrogen-bond donors (Lipinski definition) is 1. The van der Waals surface area contributed by atoms with Crippen LogP contribution in [0.25, 0.3) is 0 Å². The molecule has 0 spiro atoms. The van der Waals surface area contributed by atoms with Crippen LogP contribution >= 0.6 is 0 Å². The third-order valence-electron chi connectivity index (χ3n) is 1.92. The molecule has 0 aliphatic carbocycles. The van der Waals surface area contributed by atoms with E-state index < -0.39 is 41.7 Å². The van der Waals surface area contributed by atoms with Crippen LogP contribution in [-0.2, 0) is 12.8 Å². The first-order valence-electron chi connectivity index (χ1n) is 4.21. The van der Waals surface area contributed by atoms with Gasteiger partial charge in [-0.05, 0) is 6.07 Å². The molecule has 1 aromatic rings. The highest BCUT2D eigenvalue weighted by Gasteiger charge is 2.36. The van der Waals surface area contributed by atoms with E-state index in [0.717, 1.165) is 6.07 Å². The van der Waals surface area contributed by atoms with Gasteiger partial charge in [-0.1, -0.05) is 0 Å². The van der Waals surface area contributed by atoms with Gasteiger partial charge >= 0.3 is 6.18 Å². The second kappa shape index (κ2) is 4.63. The van der Waals surface area contributed by atoms with Gasteiger partial charge in [0.25, 0.3) is 6.43 Å². The Balaban J connectivity index is 3.51. The van der Waals surface area contributed by atoms with E-state index in [0.29, 0.717) is 6.07 Å². The van der Waals surface area contributed by atoms with Crippen molar-refractivity contribution < 1.29 is 27.1 Å². The molecular formula is C9H5F5N2O. The molecule has 0 amide bonds. The molecule has 0 atom stereocenters. The molecular weight excluding hydrogens is 247 g/mol. The monoisotopic (exact) mass is 252 g/mol. The largest absolute Gasteiger partial charge is 0.419 e. The molecule has 0 aliphatic rings. The van der Waals surface area contributed by atoms with Crippen molar-refractivity contribution in [3.63, 3.8) is 0 Å². The Kier molecular flexibility index (Phi) is 3.63. The van der Waals surface area contributed by atoms with Crippen molar-refractivity contribution in [2.75, 3.05) is 0 Å². The number of rotatable bonds is 2. The van der Waals surface area contributed by atoms with Crippen LogP contribution in [0.5, 0.6) is 0 Å². The van der Waals surface area contributed by atoms with Gasteiger partial charge in [-0.2, -0.15) is 18.4 Å². The number of aliphatic hydroxyl groups is 1. The third kappa shape index (κ3) is 2.68.